The van der Waals surface area contributed by atoms with Gasteiger partial charge in [-0.2, -0.15) is 0 Å². The fourth-order valence-electron chi connectivity index (χ4n) is 3.23. The van der Waals surface area contributed by atoms with Crippen LogP contribution in [-0.2, 0) is 20.9 Å². The normalized spacial score (nSPS) is 16.3. The summed E-state index contributed by atoms with van der Waals surface area (Å²) in [4.78, 5) is 37.6. The van der Waals surface area contributed by atoms with Crippen molar-refractivity contribution in [1.82, 2.24) is 21.3 Å². The third kappa shape index (κ3) is 6.60. The zero-order chi connectivity index (χ0) is 22.9. The number of carbonyl (C=O) groups is 3. The predicted octanol–water partition coefficient (Wildman–Crippen LogP) is 2.70. The van der Waals surface area contributed by atoms with Gasteiger partial charge in [0.1, 0.15) is 24.5 Å². The number of hydrogen-bond donors (Lipinski definition) is 4. The van der Waals surface area contributed by atoms with Crippen molar-refractivity contribution in [2.24, 2.45) is 5.92 Å². The first kappa shape index (κ1) is 22.9. The van der Waals surface area contributed by atoms with Crippen LogP contribution in [0.25, 0.3) is 0 Å². The summed E-state index contributed by atoms with van der Waals surface area (Å²) in [6.07, 6.45) is 0.774. The van der Waals surface area contributed by atoms with E-state index in [1.165, 1.54) is 6.20 Å². The topological polar surface area (TPSA) is 109 Å². The van der Waals surface area contributed by atoms with E-state index >= 15 is 0 Å². The van der Waals surface area contributed by atoms with Crippen molar-refractivity contribution in [2.75, 3.05) is 0 Å². The van der Waals surface area contributed by atoms with Gasteiger partial charge in [0, 0.05) is 6.20 Å². The second-order valence-electron chi connectivity index (χ2n) is 7.92. The minimum Gasteiger partial charge on any atom is -0.445 e. The zero-order valence-electron chi connectivity index (χ0n) is 18.1. The van der Waals surface area contributed by atoms with Crippen molar-refractivity contribution in [3.05, 3.63) is 83.7 Å². The van der Waals surface area contributed by atoms with Gasteiger partial charge >= 0.3 is 6.09 Å². The Kier molecular flexibility index (Phi) is 7.85. The summed E-state index contributed by atoms with van der Waals surface area (Å²) >= 11 is 0. The van der Waals surface area contributed by atoms with Crippen molar-refractivity contribution in [2.45, 2.75) is 39.1 Å². The van der Waals surface area contributed by atoms with Crippen LogP contribution in [0.4, 0.5) is 4.79 Å². The van der Waals surface area contributed by atoms with Gasteiger partial charge < -0.3 is 26.0 Å². The lowest BCUT2D eigenvalue weighted by Gasteiger charge is -2.26. The van der Waals surface area contributed by atoms with Crippen LogP contribution < -0.4 is 21.3 Å². The number of rotatable bonds is 8. The number of ether oxygens (including phenoxy) is 1. The van der Waals surface area contributed by atoms with E-state index < -0.39 is 23.9 Å². The molecule has 0 bridgehead atoms. The molecule has 0 saturated heterocycles. The highest BCUT2D eigenvalue weighted by Gasteiger charge is 2.27. The second kappa shape index (κ2) is 11.0. The molecule has 2 aromatic rings. The minimum absolute atomic E-state index is 0.0791. The van der Waals surface area contributed by atoms with Crippen LogP contribution in [0, 0.1) is 5.92 Å². The molecular weight excluding hydrogens is 408 g/mol. The van der Waals surface area contributed by atoms with Crippen molar-refractivity contribution in [1.29, 1.82) is 0 Å². The maximum atomic E-state index is 12.8. The summed E-state index contributed by atoms with van der Waals surface area (Å²) in [5, 5.41) is 11.1. The van der Waals surface area contributed by atoms with Gasteiger partial charge in [-0.05, 0) is 23.5 Å². The van der Waals surface area contributed by atoms with Crippen molar-refractivity contribution >= 4 is 17.9 Å². The SMILES string of the molecule is CC(C)C[C@H](NC(=O)OCc1ccccc1)C(=O)NC1=CNC(c2ccccc2)NC1=O. The number of carbonyl (C=O) groups excluding carboxylic acids is 3. The standard InChI is InChI=1S/C24H28N4O4/c1-16(2)13-19(27-24(31)32-15-17-9-5-3-6-10-17)22(29)26-20-14-25-21(28-23(20)30)18-11-7-4-8-12-18/h3-12,14,16,19,21,25H,13,15H2,1-2H3,(H,26,29)(H,27,31)(H,28,30)/t19-,21?/m0/s1. The molecule has 0 spiro atoms. The monoisotopic (exact) mass is 436 g/mol. The molecule has 4 N–H and O–H groups in total. The molecule has 3 rings (SSSR count). The molecule has 8 heteroatoms. The minimum atomic E-state index is -0.848. The van der Waals surface area contributed by atoms with Gasteiger partial charge in [0.2, 0.25) is 5.91 Å². The maximum absolute atomic E-state index is 12.8. The summed E-state index contributed by atoms with van der Waals surface area (Å²) in [6, 6.07) is 17.8. The number of amides is 3. The molecule has 2 atom stereocenters. The molecule has 2 aromatic carbocycles. The molecule has 0 saturated carbocycles. The van der Waals surface area contributed by atoms with Gasteiger partial charge in [-0.1, -0.05) is 74.5 Å². The maximum Gasteiger partial charge on any atom is 0.408 e. The first-order valence-corrected chi connectivity index (χ1v) is 10.5. The lowest BCUT2D eigenvalue weighted by Crippen LogP contribution is -2.51. The van der Waals surface area contributed by atoms with E-state index in [1.807, 2.05) is 74.5 Å². The molecule has 8 nitrogen and oxygen atoms in total. The highest BCUT2D eigenvalue weighted by atomic mass is 16.5. The van der Waals surface area contributed by atoms with Crippen LogP contribution in [0.3, 0.4) is 0 Å². The molecule has 1 aliphatic heterocycles. The largest absolute Gasteiger partial charge is 0.445 e. The molecule has 3 amide bonds. The molecule has 0 radical (unpaired) electrons. The van der Waals surface area contributed by atoms with Crippen LogP contribution in [0.1, 0.15) is 37.6 Å². The Balaban J connectivity index is 1.58. The van der Waals surface area contributed by atoms with Crippen LogP contribution in [-0.4, -0.2) is 23.9 Å². The molecule has 0 fully saturated rings. The summed E-state index contributed by atoms with van der Waals surface area (Å²) < 4.78 is 5.23. The van der Waals surface area contributed by atoms with Crippen molar-refractivity contribution in [3.63, 3.8) is 0 Å². The predicted molar refractivity (Wildman–Crippen MR) is 120 cm³/mol. The molecule has 168 valence electrons. The van der Waals surface area contributed by atoms with E-state index in [4.69, 9.17) is 4.74 Å². The van der Waals surface area contributed by atoms with Crippen LogP contribution in [0.15, 0.2) is 72.6 Å². The summed E-state index contributed by atoms with van der Waals surface area (Å²) in [5.41, 5.74) is 1.81. The summed E-state index contributed by atoms with van der Waals surface area (Å²) in [6.45, 7) is 3.98. The second-order valence-corrected chi connectivity index (χ2v) is 7.92. The number of alkyl carbamates (subject to hydrolysis) is 1. The molecule has 1 aliphatic rings. The Labute approximate surface area is 187 Å². The Hall–Kier alpha value is -3.81. The van der Waals surface area contributed by atoms with Crippen molar-refractivity contribution < 1.29 is 19.1 Å². The molecule has 0 aromatic heterocycles. The van der Waals surface area contributed by atoms with Gasteiger partial charge in [-0.15, -0.1) is 0 Å². The van der Waals surface area contributed by atoms with Gasteiger partial charge in [-0.25, -0.2) is 4.79 Å². The lowest BCUT2D eigenvalue weighted by molar-refractivity contribution is -0.126. The van der Waals surface area contributed by atoms with Crippen LogP contribution >= 0.6 is 0 Å². The van der Waals surface area contributed by atoms with Gasteiger partial charge in [0.05, 0.1) is 0 Å². The van der Waals surface area contributed by atoms with E-state index in [9.17, 15) is 14.4 Å². The highest BCUT2D eigenvalue weighted by molar-refractivity contribution is 5.99. The fourth-order valence-corrected chi connectivity index (χ4v) is 3.23. The van der Waals surface area contributed by atoms with Gasteiger partial charge in [0.15, 0.2) is 0 Å². The smallest absolute Gasteiger partial charge is 0.408 e. The first-order chi connectivity index (χ1) is 15.4. The number of benzene rings is 2. The zero-order valence-corrected chi connectivity index (χ0v) is 18.1. The Morgan fingerprint density at radius 2 is 1.69 bits per heavy atom. The lowest BCUT2D eigenvalue weighted by atomic mass is 10.0. The molecule has 1 heterocycles. The first-order valence-electron chi connectivity index (χ1n) is 10.5. The Morgan fingerprint density at radius 1 is 1.03 bits per heavy atom. The van der Waals surface area contributed by atoms with E-state index in [0.717, 1.165) is 11.1 Å². The third-order valence-electron chi connectivity index (χ3n) is 4.83. The summed E-state index contributed by atoms with van der Waals surface area (Å²) in [5.74, 6) is -0.771. The average molecular weight is 437 g/mol. The Bertz CT molecular complexity index is 960. The van der Waals surface area contributed by atoms with Gasteiger partial charge in [0.25, 0.3) is 5.91 Å². The number of hydrogen-bond acceptors (Lipinski definition) is 5. The average Bonchev–Trinajstić information content (AvgIpc) is 2.79. The van der Waals surface area contributed by atoms with E-state index in [2.05, 4.69) is 21.3 Å². The summed E-state index contributed by atoms with van der Waals surface area (Å²) in [7, 11) is 0. The quantitative estimate of drug-likeness (QED) is 0.509. The third-order valence-corrected chi connectivity index (χ3v) is 4.83. The van der Waals surface area contributed by atoms with E-state index in [-0.39, 0.29) is 24.4 Å². The van der Waals surface area contributed by atoms with E-state index in [1.54, 1.807) is 0 Å². The van der Waals surface area contributed by atoms with Crippen LogP contribution in [0.2, 0.25) is 0 Å². The van der Waals surface area contributed by atoms with Gasteiger partial charge in [-0.3, -0.25) is 9.59 Å². The fraction of sp³-hybridized carbons (Fsp3) is 0.292. The Morgan fingerprint density at radius 3 is 2.31 bits per heavy atom. The molecule has 1 unspecified atom stereocenters. The molecular formula is C24H28N4O4. The highest BCUT2D eigenvalue weighted by Crippen LogP contribution is 2.14. The van der Waals surface area contributed by atoms with E-state index in [0.29, 0.717) is 6.42 Å². The van der Waals surface area contributed by atoms with Crippen molar-refractivity contribution in [3.8, 4) is 0 Å². The molecule has 32 heavy (non-hydrogen) atoms. The van der Waals surface area contributed by atoms with Crippen LogP contribution in [0.5, 0.6) is 0 Å². The number of nitrogens with one attached hydrogen (secondary N) is 4. The molecule has 0 aliphatic carbocycles.